The molecule has 1 unspecified atom stereocenters. The minimum absolute atomic E-state index is 0.0519. The summed E-state index contributed by atoms with van der Waals surface area (Å²) in [7, 11) is 3.96. The molecule has 11 nitrogen and oxygen atoms in total. The van der Waals surface area contributed by atoms with Crippen LogP contribution >= 0.6 is 0 Å². The molecule has 0 aliphatic carbocycles. The zero-order valence-corrected chi connectivity index (χ0v) is 27.5. The second kappa shape index (κ2) is 14.8. The van der Waals surface area contributed by atoms with E-state index < -0.39 is 0 Å². The predicted molar refractivity (Wildman–Crippen MR) is 187 cm³/mol. The molecule has 4 heterocycles. The number of hydrogen-bond acceptors (Lipinski definition) is 10. The Balaban J connectivity index is 1.25. The number of fused-ring (bicyclic) bond motifs is 2. The monoisotopic (exact) mass is 633 g/mol. The van der Waals surface area contributed by atoms with E-state index in [1.807, 2.05) is 61.7 Å². The van der Waals surface area contributed by atoms with Crippen LogP contribution in [-0.2, 0) is 22.5 Å². The first kappa shape index (κ1) is 32.2. The van der Waals surface area contributed by atoms with E-state index in [4.69, 9.17) is 19.7 Å². The number of benzene rings is 2. The number of ether oxygens (including phenoxy) is 1. The Morgan fingerprint density at radius 3 is 2.83 bits per heavy atom. The van der Waals surface area contributed by atoms with Gasteiger partial charge in [0.2, 0.25) is 11.9 Å². The third kappa shape index (κ3) is 7.82. The van der Waals surface area contributed by atoms with E-state index in [9.17, 15) is 4.79 Å². The normalized spacial score (nSPS) is 15.3. The van der Waals surface area contributed by atoms with Crippen LogP contribution in [0.2, 0.25) is 0 Å². The number of carbonyl (C=O) groups is 1. The maximum atomic E-state index is 12.5. The van der Waals surface area contributed by atoms with Crippen LogP contribution in [0.25, 0.3) is 27.7 Å². The summed E-state index contributed by atoms with van der Waals surface area (Å²) in [4.78, 5) is 29.0. The highest BCUT2D eigenvalue weighted by molar-refractivity contribution is 5.97. The summed E-state index contributed by atoms with van der Waals surface area (Å²) in [5.74, 6) is 1.47. The Bertz CT molecular complexity index is 1880. The van der Waals surface area contributed by atoms with Crippen LogP contribution in [0.4, 0.5) is 11.9 Å². The van der Waals surface area contributed by atoms with Crippen molar-refractivity contribution in [2.45, 2.75) is 38.8 Å². The van der Waals surface area contributed by atoms with E-state index in [1.54, 1.807) is 10.6 Å². The van der Waals surface area contributed by atoms with E-state index in [1.165, 1.54) is 0 Å². The van der Waals surface area contributed by atoms with E-state index in [-0.39, 0.29) is 17.8 Å². The van der Waals surface area contributed by atoms with Crippen molar-refractivity contribution in [3.63, 3.8) is 0 Å². The molecule has 0 amide bonds. The molecule has 0 radical (unpaired) electrons. The molecular formula is C36H43N9O2. The van der Waals surface area contributed by atoms with Crippen LogP contribution in [0.5, 0.6) is 0 Å². The molecule has 1 aliphatic heterocycles. The lowest BCUT2D eigenvalue weighted by molar-refractivity contribution is -0.114. The highest BCUT2D eigenvalue weighted by atomic mass is 16.5. The van der Waals surface area contributed by atoms with Gasteiger partial charge in [0.05, 0.1) is 24.6 Å². The summed E-state index contributed by atoms with van der Waals surface area (Å²) in [6.07, 6.45) is 7.69. The molecule has 3 aromatic heterocycles. The van der Waals surface area contributed by atoms with Crippen molar-refractivity contribution in [3.8, 4) is 11.3 Å². The number of nitrogens with one attached hydrogen (secondary N) is 3. The van der Waals surface area contributed by atoms with Crippen molar-refractivity contribution >= 4 is 34.1 Å². The smallest absolute Gasteiger partial charge is 0.229 e. The minimum Gasteiger partial charge on any atom is -0.374 e. The van der Waals surface area contributed by atoms with E-state index in [0.29, 0.717) is 38.0 Å². The molecule has 0 bridgehead atoms. The summed E-state index contributed by atoms with van der Waals surface area (Å²) in [5.41, 5.74) is 5.79. The lowest BCUT2D eigenvalue weighted by Gasteiger charge is -2.23. The second-order valence-electron chi connectivity index (χ2n) is 12.5. The van der Waals surface area contributed by atoms with Gasteiger partial charge in [-0.05, 0) is 48.7 Å². The fourth-order valence-corrected chi connectivity index (χ4v) is 5.74. The standard InChI is InChI=1S/C36H43N9O2/c1-24(2)32-23-41-45-34(32)42-35(39-22-29-21-37-15-17-47-29)43-36(45)40-20-27-8-5-6-10-30(27)33-31-12-11-25(18-26(31)13-14-38-33)19-28(46)9-7-16-44(3)4/h5-14,18,23-24,29,37H,15-17,19-22H2,1-4H3,(H2,39,40,42,43)/b9-7+. The molecule has 1 aliphatic rings. The fraction of sp³-hybridized carbons (Fsp3) is 0.361. The summed E-state index contributed by atoms with van der Waals surface area (Å²) >= 11 is 0. The van der Waals surface area contributed by atoms with E-state index >= 15 is 0 Å². The van der Waals surface area contributed by atoms with E-state index in [0.717, 1.165) is 64.0 Å². The van der Waals surface area contributed by atoms with Crippen molar-refractivity contribution in [1.82, 2.24) is 34.8 Å². The van der Waals surface area contributed by atoms with Crippen LogP contribution in [0.15, 0.2) is 73.1 Å². The SMILES string of the molecule is CC(C)c1cnn2c(NCc3ccccc3-c3nccc4cc(CC(=O)/C=C/CN(C)C)ccc34)nc(NCC3CNCCO3)nc12. The lowest BCUT2D eigenvalue weighted by atomic mass is 9.97. The molecule has 1 atom stereocenters. The maximum Gasteiger partial charge on any atom is 0.229 e. The van der Waals surface area contributed by atoms with Crippen LogP contribution in [0.3, 0.4) is 0 Å². The molecule has 1 fully saturated rings. The molecule has 0 saturated carbocycles. The average Bonchev–Trinajstić information content (AvgIpc) is 3.51. The summed E-state index contributed by atoms with van der Waals surface area (Å²) in [6, 6.07) is 16.4. The Morgan fingerprint density at radius 2 is 2.02 bits per heavy atom. The van der Waals surface area contributed by atoms with Gasteiger partial charge < -0.3 is 25.6 Å². The summed E-state index contributed by atoms with van der Waals surface area (Å²) in [6.45, 7) is 8.47. The first-order valence-corrected chi connectivity index (χ1v) is 16.2. The zero-order valence-electron chi connectivity index (χ0n) is 27.5. The lowest BCUT2D eigenvalue weighted by Crippen LogP contribution is -2.42. The first-order valence-electron chi connectivity index (χ1n) is 16.2. The second-order valence-corrected chi connectivity index (χ2v) is 12.5. The van der Waals surface area contributed by atoms with Gasteiger partial charge in [0, 0.05) is 61.9 Å². The molecule has 47 heavy (non-hydrogen) atoms. The molecule has 0 spiro atoms. The number of aromatic nitrogens is 5. The number of pyridine rings is 1. The number of morpholine rings is 1. The summed E-state index contributed by atoms with van der Waals surface area (Å²) < 4.78 is 7.64. The van der Waals surface area contributed by atoms with Gasteiger partial charge in [0.25, 0.3) is 0 Å². The van der Waals surface area contributed by atoms with Crippen LogP contribution in [0.1, 0.15) is 36.5 Å². The zero-order chi connectivity index (χ0) is 32.8. The molecule has 1 saturated heterocycles. The van der Waals surface area contributed by atoms with Gasteiger partial charge in [0.15, 0.2) is 11.4 Å². The van der Waals surface area contributed by atoms with Gasteiger partial charge in [-0.2, -0.15) is 19.6 Å². The number of allylic oxidation sites excluding steroid dienone is 1. The van der Waals surface area contributed by atoms with Crippen molar-refractivity contribution in [2.75, 3.05) is 57.5 Å². The molecule has 2 aromatic carbocycles. The quantitative estimate of drug-likeness (QED) is 0.157. The van der Waals surface area contributed by atoms with Gasteiger partial charge in [0.1, 0.15) is 0 Å². The Labute approximate surface area is 275 Å². The largest absolute Gasteiger partial charge is 0.374 e. The fourth-order valence-electron chi connectivity index (χ4n) is 5.74. The van der Waals surface area contributed by atoms with Crippen LogP contribution < -0.4 is 16.0 Å². The predicted octanol–water partition coefficient (Wildman–Crippen LogP) is 4.70. The third-order valence-corrected chi connectivity index (χ3v) is 8.20. The van der Waals surface area contributed by atoms with E-state index in [2.05, 4.69) is 59.2 Å². The molecule has 3 N–H and O–H groups in total. The molecule has 5 aromatic rings. The Morgan fingerprint density at radius 1 is 1.15 bits per heavy atom. The molecule has 11 heteroatoms. The van der Waals surface area contributed by atoms with Gasteiger partial charge in [-0.3, -0.25) is 9.78 Å². The Hall–Kier alpha value is -4.71. The number of nitrogens with zero attached hydrogens (tertiary/aromatic N) is 6. The van der Waals surface area contributed by atoms with Gasteiger partial charge in [-0.15, -0.1) is 0 Å². The van der Waals surface area contributed by atoms with Crippen molar-refractivity contribution in [2.24, 2.45) is 0 Å². The maximum absolute atomic E-state index is 12.5. The van der Waals surface area contributed by atoms with Crippen molar-refractivity contribution < 1.29 is 9.53 Å². The number of rotatable bonds is 13. The number of anilines is 2. The van der Waals surface area contributed by atoms with Gasteiger partial charge in [-0.1, -0.05) is 62.4 Å². The highest BCUT2D eigenvalue weighted by Crippen LogP contribution is 2.31. The summed E-state index contributed by atoms with van der Waals surface area (Å²) in [5, 5.41) is 17.0. The Kier molecular flexibility index (Phi) is 10.2. The first-order chi connectivity index (χ1) is 22.9. The number of ketones is 1. The number of likely N-dealkylation sites (N-methyl/N-ethyl adjacent to an activating group) is 1. The molecule has 244 valence electrons. The average molecular weight is 634 g/mol. The topological polar surface area (TPSA) is 122 Å². The number of hydrogen-bond donors (Lipinski definition) is 3. The third-order valence-electron chi connectivity index (χ3n) is 8.20. The van der Waals surface area contributed by atoms with Gasteiger partial charge >= 0.3 is 0 Å². The molecule has 6 rings (SSSR count). The van der Waals surface area contributed by atoms with Crippen molar-refractivity contribution in [3.05, 3.63) is 89.8 Å². The van der Waals surface area contributed by atoms with Crippen LogP contribution in [0, 0.1) is 0 Å². The van der Waals surface area contributed by atoms with Gasteiger partial charge in [-0.25, -0.2) is 0 Å². The van der Waals surface area contributed by atoms with Crippen LogP contribution in [-0.4, -0.2) is 88.2 Å². The minimum atomic E-state index is 0.0519. The number of carbonyl (C=O) groups excluding carboxylic acids is 1. The highest BCUT2D eigenvalue weighted by Gasteiger charge is 2.18. The molecular weight excluding hydrogens is 590 g/mol. The van der Waals surface area contributed by atoms with Crippen molar-refractivity contribution in [1.29, 1.82) is 0 Å².